The van der Waals surface area contributed by atoms with Crippen molar-refractivity contribution < 1.29 is 9.18 Å². The molecule has 3 aliphatic heterocycles. The summed E-state index contributed by atoms with van der Waals surface area (Å²) in [5.74, 6) is 1.46. The number of piperidine rings is 2. The van der Waals surface area contributed by atoms with Gasteiger partial charge in [-0.25, -0.2) is 14.2 Å². The number of urea groups is 1. The van der Waals surface area contributed by atoms with E-state index in [0.717, 1.165) is 76.7 Å². The number of aromatic nitrogens is 2. The van der Waals surface area contributed by atoms with Crippen LogP contribution in [0.3, 0.4) is 0 Å². The minimum Gasteiger partial charge on any atom is -0.356 e. The molecule has 3 aliphatic rings. The first-order valence-corrected chi connectivity index (χ1v) is 13.5. The van der Waals surface area contributed by atoms with Crippen molar-refractivity contribution in [3.8, 4) is 0 Å². The summed E-state index contributed by atoms with van der Waals surface area (Å²) in [7, 11) is 0. The van der Waals surface area contributed by atoms with Crippen LogP contribution in [0.15, 0.2) is 36.5 Å². The number of anilines is 3. The molecule has 0 radical (unpaired) electrons. The molecule has 8 nitrogen and oxygen atoms in total. The van der Waals surface area contributed by atoms with Crippen LogP contribution >= 0.6 is 0 Å². The number of carbonyl (C=O) groups is 1. The molecule has 194 valence electrons. The van der Waals surface area contributed by atoms with Crippen LogP contribution in [0.2, 0.25) is 0 Å². The van der Waals surface area contributed by atoms with E-state index in [2.05, 4.69) is 25.4 Å². The van der Waals surface area contributed by atoms with Gasteiger partial charge in [-0.2, -0.15) is 4.98 Å². The topological polar surface area (TPSA) is 76.6 Å². The predicted octanol–water partition coefficient (Wildman–Crippen LogP) is 4.57. The Labute approximate surface area is 213 Å². The van der Waals surface area contributed by atoms with E-state index in [9.17, 15) is 9.18 Å². The Morgan fingerprint density at radius 2 is 1.64 bits per heavy atom. The van der Waals surface area contributed by atoms with Crippen LogP contribution in [-0.2, 0) is 0 Å². The van der Waals surface area contributed by atoms with E-state index in [-0.39, 0.29) is 11.8 Å². The third kappa shape index (κ3) is 6.43. The fourth-order valence-corrected chi connectivity index (χ4v) is 5.70. The second-order valence-corrected chi connectivity index (χ2v) is 10.3. The van der Waals surface area contributed by atoms with Crippen LogP contribution < -0.4 is 15.5 Å². The molecule has 0 saturated carbocycles. The van der Waals surface area contributed by atoms with E-state index in [1.807, 2.05) is 17.2 Å². The Morgan fingerprint density at radius 1 is 0.889 bits per heavy atom. The minimum absolute atomic E-state index is 0.111. The average Bonchev–Trinajstić information content (AvgIpc) is 3.20. The number of benzene rings is 1. The number of amides is 2. The van der Waals surface area contributed by atoms with E-state index in [1.54, 1.807) is 12.1 Å². The van der Waals surface area contributed by atoms with Crippen LogP contribution in [0.4, 0.5) is 26.6 Å². The van der Waals surface area contributed by atoms with Crippen LogP contribution in [0.5, 0.6) is 0 Å². The first-order chi connectivity index (χ1) is 17.6. The molecular formula is C27H38FN7O. The number of hydrogen-bond acceptors (Lipinski definition) is 6. The van der Waals surface area contributed by atoms with Crippen molar-refractivity contribution in [3.05, 3.63) is 42.3 Å². The standard InChI is InChI=1S/C27H38FN7O/c28-21-7-9-22(10-8-21)31-27(36)34-18-12-24(13-19-34)35-17-5-6-23(20-35)30-26-29-14-11-25(32-26)33-15-3-1-2-4-16-33/h7-11,14,23-24H,1-6,12-13,15-20H2,(H,31,36)(H,29,30,32). The van der Waals surface area contributed by atoms with Gasteiger partial charge in [0.15, 0.2) is 0 Å². The lowest BCUT2D eigenvalue weighted by Gasteiger charge is -2.42. The largest absolute Gasteiger partial charge is 0.356 e. The lowest BCUT2D eigenvalue weighted by Crippen LogP contribution is -2.52. The zero-order valence-corrected chi connectivity index (χ0v) is 21.0. The van der Waals surface area contributed by atoms with Gasteiger partial charge in [0.25, 0.3) is 0 Å². The van der Waals surface area contributed by atoms with Gasteiger partial charge in [0.2, 0.25) is 5.95 Å². The van der Waals surface area contributed by atoms with E-state index in [0.29, 0.717) is 17.8 Å². The highest BCUT2D eigenvalue weighted by molar-refractivity contribution is 5.89. The van der Waals surface area contributed by atoms with Gasteiger partial charge in [0.05, 0.1) is 0 Å². The van der Waals surface area contributed by atoms with Crippen LogP contribution in [0.25, 0.3) is 0 Å². The van der Waals surface area contributed by atoms with Crippen molar-refractivity contribution in [2.24, 2.45) is 0 Å². The van der Waals surface area contributed by atoms with Gasteiger partial charge in [-0.15, -0.1) is 0 Å². The van der Waals surface area contributed by atoms with E-state index in [1.165, 1.54) is 37.8 Å². The molecule has 3 fully saturated rings. The molecular weight excluding hydrogens is 457 g/mol. The van der Waals surface area contributed by atoms with Crippen molar-refractivity contribution in [1.29, 1.82) is 0 Å². The normalized spacial score (nSPS) is 22.2. The van der Waals surface area contributed by atoms with E-state index >= 15 is 0 Å². The maximum atomic E-state index is 13.1. The summed E-state index contributed by atoms with van der Waals surface area (Å²) in [5.41, 5.74) is 0.621. The van der Waals surface area contributed by atoms with Crippen molar-refractivity contribution >= 4 is 23.5 Å². The number of nitrogens with zero attached hydrogens (tertiary/aromatic N) is 5. The maximum absolute atomic E-state index is 13.1. The first kappa shape index (κ1) is 24.7. The fraction of sp³-hybridized carbons (Fsp3) is 0.593. The molecule has 0 spiro atoms. The van der Waals surface area contributed by atoms with Crippen LogP contribution in [0, 0.1) is 5.82 Å². The molecule has 2 N–H and O–H groups in total. The zero-order chi connectivity index (χ0) is 24.7. The molecule has 0 aliphatic carbocycles. The number of hydrogen-bond donors (Lipinski definition) is 2. The highest BCUT2D eigenvalue weighted by Crippen LogP contribution is 2.24. The number of likely N-dealkylation sites (tertiary alicyclic amines) is 2. The molecule has 5 rings (SSSR count). The van der Waals surface area contributed by atoms with Crippen molar-refractivity contribution in [3.63, 3.8) is 0 Å². The number of nitrogens with one attached hydrogen (secondary N) is 2. The Hall–Kier alpha value is -2.94. The quantitative estimate of drug-likeness (QED) is 0.633. The molecule has 2 amide bonds. The van der Waals surface area contributed by atoms with E-state index < -0.39 is 0 Å². The van der Waals surface area contributed by atoms with Crippen molar-refractivity contribution in [2.45, 2.75) is 63.5 Å². The second kappa shape index (κ2) is 11.9. The number of carbonyl (C=O) groups excluding carboxylic acids is 1. The summed E-state index contributed by atoms with van der Waals surface area (Å²) in [5, 5.41) is 6.49. The summed E-state index contributed by atoms with van der Waals surface area (Å²) in [4.78, 5) is 28.8. The lowest BCUT2D eigenvalue weighted by atomic mass is 9.98. The molecule has 9 heteroatoms. The summed E-state index contributed by atoms with van der Waals surface area (Å²) < 4.78 is 13.1. The van der Waals surface area contributed by atoms with Gasteiger partial charge in [-0.05, 0) is 75.4 Å². The Morgan fingerprint density at radius 3 is 2.39 bits per heavy atom. The van der Waals surface area contributed by atoms with Gasteiger partial charge in [-0.1, -0.05) is 12.8 Å². The summed E-state index contributed by atoms with van der Waals surface area (Å²) in [6.07, 6.45) is 11.2. The Kier molecular flexibility index (Phi) is 8.15. The molecule has 3 saturated heterocycles. The van der Waals surface area contributed by atoms with Crippen LogP contribution in [0.1, 0.15) is 51.4 Å². The van der Waals surface area contributed by atoms with Crippen LogP contribution in [-0.4, -0.2) is 77.2 Å². The van der Waals surface area contributed by atoms with Crippen molar-refractivity contribution in [2.75, 3.05) is 54.8 Å². The Balaban J connectivity index is 1.11. The molecule has 1 aromatic carbocycles. The summed E-state index contributed by atoms with van der Waals surface area (Å²) >= 11 is 0. The third-order valence-electron chi connectivity index (χ3n) is 7.72. The highest BCUT2D eigenvalue weighted by atomic mass is 19.1. The molecule has 0 bridgehead atoms. The Bertz CT molecular complexity index is 988. The number of rotatable bonds is 5. The molecule has 2 aromatic rings. The van der Waals surface area contributed by atoms with Gasteiger partial charge < -0.3 is 20.4 Å². The summed E-state index contributed by atoms with van der Waals surface area (Å²) in [6.45, 7) is 5.69. The second-order valence-electron chi connectivity index (χ2n) is 10.3. The fourth-order valence-electron chi connectivity index (χ4n) is 5.70. The predicted molar refractivity (Wildman–Crippen MR) is 141 cm³/mol. The van der Waals surface area contributed by atoms with Gasteiger partial charge in [0, 0.05) is 56.7 Å². The maximum Gasteiger partial charge on any atom is 0.321 e. The highest BCUT2D eigenvalue weighted by Gasteiger charge is 2.30. The molecule has 1 aromatic heterocycles. The van der Waals surface area contributed by atoms with E-state index in [4.69, 9.17) is 4.98 Å². The van der Waals surface area contributed by atoms with Gasteiger partial charge in [0.1, 0.15) is 11.6 Å². The zero-order valence-electron chi connectivity index (χ0n) is 21.0. The molecule has 4 heterocycles. The third-order valence-corrected chi connectivity index (χ3v) is 7.72. The smallest absolute Gasteiger partial charge is 0.321 e. The molecule has 1 unspecified atom stereocenters. The average molecular weight is 496 g/mol. The minimum atomic E-state index is -0.306. The van der Waals surface area contributed by atoms with Crippen molar-refractivity contribution in [1.82, 2.24) is 19.8 Å². The molecule has 36 heavy (non-hydrogen) atoms. The monoisotopic (exact) mass is 495 g/mol. The SMILES string of the molecule is O=C(Nc1ccc(F)cc1)N1CCC(N2CCCC(Nc3nccc(N4CCCCCC4)n3)C2)CC1. The first-order valence-electron chi connectivity index (χ1n) is 13.5. The number of halogens is 1. The summed E-state index contributed by atoms with van der Waals surface area (Å²) in [6, 6.07) is 8.63. The molecule has 1 atom stereocenters. The van der Waals surface area contributed by atoms with Gasteiger partial charge in [-0.3, -0.25) is 4.90 Å². The van der Waals surface area contributed by atoms with Gasteiger partial charge >= 0.3 is 6.03 Å². The lowest BCUT2D eigenvalue weighted by molar-refractivity contribution is 0.0997.